The van der Waals surface area contributed by atoms with Gasteiger partial charge in [-0.15, -0.1) is 0 Å². The Balaban J connectivity index is 2.39. The van der Waals surface area contributed by atoms with Gasteiger partial charge in [-0.05, 0) is 37.1 Å². The Bertz CT molecular complexity index is 344. The molecule has 1 amide bonds. The normalized spacial score (nSPS) is 25.1. The Hall–Kier alpha value is -1.42. The highest BCUT2D eigenvalue weighted by atomic mass is 16.2. The Morgan fingerprint density at radius 2 is 2.27 bits per heavy atom. The highest BCUT2D eigenvalue weighted by Gasteiger charge is 2.41. The molecule has 2 heterocycles. The fourth-order valence-corrected chi connectivity index (χ4v) is 2.16. The van der Waals surface area contributed by atoms with Gasteiger partial charge in [0.25, 0.3) is 0 Å². The second-order valence-electron chi connectivity index (χ2n) is 3.75. The molecule has 15 heavy (non-hydrogen) atoms. The molecule has 0 aliphatic carbocycles. The predicted octanol–water partition coefficient (Wildman–Crippen LogP) is 0.406. The highest BCUT2D eigenvalue weighted by Crippen LogP contribution is 2.30. The summed E-state index contributed by atoms with van der Waals surface area (Å²) < 4.78 is 0. The third-order valence-electron chi connectivity index (χ3n) is 2.94. The predicted molar refractivity (Wildman–Crippen MR) is 57.2 cm³/mol. The van der Waals surface area contributed by atoms with Crippen molar-refractivity contribution < 1.29 is 4.79 Å². The maximum absolute atomic E-state index is 11.9. The van der Waals surface area contributed by atoms with Gasteiger partial charge in [-0.3, -0.25) is 15.1 Å². The number of pyridine rings is 1. The quantitative estimate of drug-likeness (QED) is 0.735. The molecular formula is C11H15N3O. The molecule has 0 aromatic carbocycles. The van der Waals surface area contributed by atoms with Gasteiger partial charge in [0, 0.05) is 19.4 Å². The first kappa shape index (κ1) is 10.1. The van der Waals surface area contributed by atoms with Crippen LogP contribution in [0.5, 0.6) is 0 Å². The molecule has 1 saturated heterocycles. The minimum Gasteiger partial charge on any atom is -0.357 e. The van der Waals surface area contributed by atoms with Crippen molar-refractivity contribution in [3.63, 3.8) is 0 Å². The second kappa shape index (κ2) is 3.98. The number of rotatable bonds is 2. The summed E-state index contributed by atoms with van der Waals surface area (Å²) in [5.74, 6) is 0.0335. The van der Waals surface area contributed by atoms with Crippen molar-refractivity contribution in [2.24, 2.45) is 0 Å². The number of aromatic nitrogens is 1. The van der Waals surface area contributed by atoms with Crippen LogP contribution in [-0.4, -0.2) is 24.5 Å². The molecule has 4 nitrogen and oxygen atoms in total. The molecule has 2 rings (SSSR count). The molecule has 0 radical (unpaired) electrons. The van der Waals surface area contributed by atoms with Crippen LogP contribution < -0.4 is 10.6 Å². The largest absolute Gasteiger partial charge is 0.357 e. The second-order valence-corrected chi connectivity index (χ2v) is 3.75. The summed E-state index contributed by atoms with van der Waals surface area (Å²) >= 11 is 0. The van der Waals surface area contributed by atoms with Crippen LogP contribution in [0.2, 0.25) is 0 Å². The summed E-state index contributed by atoms with van der Waals surface area (Å²) in [6.45, 7) is 0.885. The molecule has 1 aliphatic heterocycles. The molecule has 1 atom stereocenters. The molecule has 0 unspecified atom stereocenters. The van der Waals surface area contributed by atoms with Gasteiger partial charge in [-0.25, -0.2) is 0 Å². The Morgan fingerprint density at radius 1 is 1.53 bits per heavy atom. The minimum absolute atomic E-state index is 0.0335. The average molecular weight is 205 g/mol. The van der Waals surface area contributed by atoms with Crippen LogP contribution >= 0.6 is 0 Å². The monoisotopic (exact) mass is 205 g/mol. The van der Waals surface area contributed by atoms with E-state index < -0.39 is 5.54 Å². The van der Waals surface area contributed by atoms with Gasteiger partial charge in [0.1, 0.15) is 5.54 Å². The van der Waals surface area contributed by atoms with E-state index >= 15 is 0 Å². The van der Waals surface area contributed by atoms with Crippen molar-refractivity contribution >= 4 is 5.91 Å². The summed E-state index contributed by atoms with van der Waals surface area (Å²) in [5.41, 5.74) is 0.451. The van der Waals surface area contributed by atoms with E-state index in [1.165, 1.54) is 0 Å². The van der Waals surface area contributed by atoms with Crippen LogP contribution in [0.25, 0.3) is 0 Å². The molecule has 2 N–H and O–H groups in total. The van der Waals surface area contributed by atoms with Gasteiger partial charge in [0.05, 0.1) is 0 Å². The van der Waals surface area contributed by atoms with E-state index in [2.05, 4.69) is 15.6 Å². The van der Waals surface area contributed by atoms with Crippen molar-refractivity contribution in [1.82, 2.24) is 15.6 Å². The standard InChI is InChI=1S/C11H15N3O/c1-12-10(15)11(5-2-6-14-11)9-3-7-13-8-4-9/h3-4,7-8,14H,2,5-6H2,1H3,(H,12,15)/t11-/m1/s1. The Kier molecular flexibility index (Phi) is 2.68. The van der Waals surface area contributed by atoms with Crippen LogP contribution in [0.1, 0.15) is 18.4 Å². The number of carbonyl (C=O) groups excluding carboxylic acids is 1. The van der Waals surface area contributed by atoms with E-state index in [1.807, 2.05) is 12.1 Å². The molecule has 1 fully saturated rings. The fraction of sp³-hybridized carbons (Fsp3) is 0.455. The number of likely N-dealkylation sites (N-methyl/N-ethyl adjacent to an activating group) is 1. The van der Waals surface area contributed by atoms with Crippen molar-refractivity contribution in [1.29, 1.82) is 0 Å². The van der Waals surface area contributed by atoms with Crippen molar-refractivity contribution in [3.8, 4) is 0 Å². The number of amides is 1. The lowest BCUT2D eigenvalue weighted by molar-refractivity contribution is -0.127. The van der Waals surface area contributed by atoms with E-state index in [0.29, 0.717) is 0 Å². The zero-order valence-electron chi connectivity index (χ0n) is 8.79. The number of hydrogen-bond donors (Lipinski definition) is 2. The van der Waals surface area contributed by atoms with E-state index in [-0.39, 0.29) is 5.91 Å². The summed E-state index contributed by atoms with van der Waals surface area (Å²) in [6, 6.07) is 3.79. The molecule has 80 valence electrons. The molecule has 0 saturated carbocycles. The zero-order valence-corrected chi connectivity index (χ0v) is 8.79. The van der Waals surface area contributed by atoms with Crippen LogP contribution in [0.15, 0.2) is 24.5 Å². The average Bonchev–Trinajstić information content (AvgIpc) is 2.79. The molecular weight excluding hydrogens is 190 g/mol. The summed E-state index contributed by atoms with van der Waals surface area (Å²) in [5, 5.41) is 6.02. The molecule has 1 aromatic heterocycles. The van der Waals surface area contributed by atoms with Gasteiger partial charge in [0.15, 0.2) is 0 Å². The van der Waals surface area contributed by atoms with E-state index in [0.717, 1.165) is 24.9 Å². The fourth-order valence-electron chi connectivity index (χ4n) is 2.16. The van der Waals surface area contributed by atoms with Crippen LogP contribution in [0.3, 0.4) is 0 Å². The molecule has 1 aliphatic rings. The van der Waals surface area contributed by atoms with Gasteiger partial charge in [-0.2, -0.15) is 0 Å². The minimum atomic E-state index is -0.544. The molecule has 4 heteroatoms. The number of carbonyl (C=O) groups is 1. The number of nitrogens with one attached hydrogen (secondary N) is 2. The molecule has 0 bridgehead atoms. The van der Waals surface area contributed by atoms with Gasteiger partial charge >= 0.3 is 0 Å². The Labute approximate surface area is 89.1 Å². The van der Waals surface area contributed by atoms with E-state index in [9.17, 15) is 4.79 Å². The number of hydrogen-bond acceptors (Lipinski definition) is 3. The lowest BCUT2D eigenvalue weighted by atomic mass is 9.88. The topological polar surface area (TPSA) is 54.0 Å². The van der Waals surface area contributed by atoms with Gasteiger partial charge in [-0.1, -0.05) is 0 Å². The summed E-state index contributed by atoms with van der Waals surface area (Å²) in [7, 11) is 1.67. The first-order chi connectivity index (χ1) is 7.29. The smallest absolute Gasteiger partial charge is 0.244 e. The lowest BCUT2D eigenvalue weighted by Gasteiger charge is -2.27. The van der Waals surface area contributed by atoms with Crippen LogP contribution in [0, 0.1) is 0 Å². The van der Waals surface area contributed by atoms with Crippen LogP contribution in [-0.2, 0) is 10.3 Å². The summed E-state index contributed by atoms with van der Waals surface area (Å²) in [6.07, 6.45) is 5.31. The maximum Gasteiger partial charge on any atom is 0.244 e. The maximum atomic E-state index is 11.9. The van der Waals surface area contributed by atoms with Crippen molar-refractivity contribution in [3.05, 3.63) is 30.1 Å². The number of nitrogens with zero attached hydrogens (tertiary/aromatic N) is 1. The molecule has 0 spiro atoms. The van der Waals surface area contributed by atoms with E-state index in [4.69, 9.17) is 0 Å². The van der Waals surface area contributed by atoms with Gasteiger partial charge < -0.3 is 5.32 Å². The van der Waals surface area contributed by atoms with Gasteiger partial charge in [0.2, 0.25) is 5.91 Å². The van der Waals surface area contributed by atoms with Crippen molar-refractivity contribution in [2.75, 3.05) is 13.6 Å². The third kappa shape index (κ3) is 1.61. The first-order valence-electron chi connectivity index (χ1n) is 5.17. The SMILES string of the molecule is CNC(=O)[C@]1(c2ccncc2)CCCN1. The zero-order chi connectivity index (χ0) is 10.7. The highest BCUT2D eigenvalue weighted by molar-refractivity contribution is 5.87. The molecule has 1 aromatic rings. The van der Waals surface area contributed by atoms with Crippen LogP contribution in [0.4, 0.5) is 0 Å². The first-order valence-corrected chi connectivity index (χ1v) is 5.17. The van der Waals surface area contributed by atoms with Crippen molar-refractivity contribution in [2.45, 2.75) is 18.4 Å². The lowest BCUT2D eigenvalue weighted by Crippen LogP contribution is -2.49. The third-order valence-corrected chi connectivity index (χ3v) is 2.94. The summed E-state index contributed by atoms with van der Waals surface area (Å²) in [4.78, 5) is 15.9. The van der Waals surface area contributed by atoms with E-state index in [1.54, 1.807) is 19.4 Å². The Morgan fingerprint density at radius 3 is 2.80 bits per heavy atom.